The minimum absolute atomic E-state index is 0.902. The Morgan fingerprint density at radius 1 is 0.358 bits per heavy atom. The highest BCUT2D eigenvalue weighted by Gasteiger charge is 2.19. The van der Waals surface area contributed by atoms with E-state index in [1.54, 1.807) is 0 Å². The summed E-state index contributed by atoms with van der Waals surface area (Å²) in [4.78, 5) is 2.35. The molecule has 2 aromatic heterocycles. The lowest BCUT2D eigenvalue weighted by molar-refractivity contribution is 0.673. The minimum atomic E-state index is 0.902. The fourth-order valence-corrected chi connectivity index (χ4v) is 7.65. The van der Waals surface area contributed by atoms with E-state index in [1.165, 1.54) is 22.3 Å². The third-order valence-corrected chi connectivity index (χ3v) is 10.2. The zero-order valence-electron chi connectivity index (χ0n) is 28.9. The molecule has 0 bridgehead atoms. The molecule has 0 radical (unpaired) electrons. The van der Waals surface area contributed by atoms with Gasteiger partial charge in [-0.25, -0.2) is 0 Å². The van der Waals surface area contributed by atoms with Crippen LogP contribution in [0.1, 0.15) is 0 Å². The fourth-order valence-electron chi connectivity index (χ4n) is 7.65. The van der Waals surface area contributed by atoms with Gasteiger partial charge in [0.25, 0.3) is 0 Å². The van der Waals surface area contributed by atoms with E-state index in [4.69, 9.17) is 4.42 Å². The normalized spacial score (nSPS) is 11.4. The Morgan fingerprint density at radius 2 is 0.849 bits per heavy atom. The number of nitrogens with zero attached hydrogens (tertiary/aromatic N) is 2. The lowest BCUT2D eigenvalue weighted by Crippen LogP contribution is -2.10. The number of anilines is 3. The molecule has 8 aromatic carbocycles. The molecule has 0 spiro atoms. The van der Waals surface area contributed by atoms with E-state index in [-0.39, 0.29) is 0 Å². The SMILES string of the molecule is c1ccc(-c2ccc(N(c3cccc(-c4ccccc4)c3)c3cccc(-c4ccc(-n5c6ccccc6c6oc7ccccc7c65)cc4)c3)cc2)cc1. The summed E-state index contributed by atoms with van der Waals surface area (Å²) >= 11 is 0. The summed E-state index contributed by atoms with van der Waals surface area (Å²) in [6.45, 7) is 0. The third-order valence-electron chi connectivity index (χ3n) is 10.2. The Labute approximate surface area is 308 Å². The van der Waals surface area contributed by atoms with E-state index < -0.39 is 0 Å². The predicted octanol–water partition coefficient (Wildman–Crippen LogP) is 14.0. The Hall–Kier alpha value is -7.10. The van der Waals surface area contributed by atoms with Gasteiger partial charge in [-0.3, -0.25) is 0 Å². The van der Waals surface area contributed by atoms with Crippen molar-refractivity contribution in [2.45, 2.75) is 0 Å². The first-order chi connectivity index (χ1) is 26.3. The van der Waals surface area contributed by atoms with E-state index in [2.05, 4.69) is 204 Å². The van der Waals surface area contributed by atoms with Crippen molar-refractivity contribution in [1.29, 1.82) is 0 Å². The van der Waals surface area contributed by atoms with Crippen LogP contribution in [0.5, 0.6) is 0 Å². The van der Waals surface area contributed by atoms with Crippen LogP contribution in [0.2, 0.25) is 0 Å². The number of rotatable bonds is 7. The summed E-state index contributed by atoms with van der Waals surface area (Å²) in [5.74, 6) is 0. The van der Waals surface area contributed by atoms with Gasteiger partial charge in [-0.05, 0) is 106 Å². The number of hydrogen-bond donors (Lipinski definition) is 0. The number of hydrogen-bond acceptors (Lipinski definition) is 2. The van der Waals surface area contributed by atoms with Crippen LogP contribution >= 0.6 is 0 Å². The monoisotopic (exact) mass is 678 g/mol. The van der Waals surface area contributed by atoms with Crippen molar-refractivity contribution in [1.82, 2.24) is 4.57 Å². The zero-order chi connectivity index (χ0) is 35.1. The Balaban J connectivity index is 1.06. The largest absolute Gasteiger partial charge is 0.454 e. The van der Waals surface area contributed by atoms with Gasteiger partial charge in [0.15, 0.2) is 5.58 Å². The molecule has 0 aliphatic carbocycles. The Kier molecular flexibility index (Phi) is 7.47. The van der Waals surface area contributed by atoms with Crippen LogP contribution in [0.4, 0.5) is 17.1 Å². The standard InChI is InChI=1S/C50H34N2O/c1-3-13-35(14-4-1)37-25-29-41(30-26-37)51(43-19-11-17-39(33-43)36-15-5-2-6-16-36)44-20-12-18-40(34-44)38-27-31-42(32-28-38)52-47-23-9-7-21-45(47)50-49(52)46-22-8-10-24-48(46)53-50/h1-34H. The molecule has 0 saturated carbocycles. The summed E-state index contributed by atoms with van der Waals surface area (Å²) < 4.78 is 8.74. The maximum atomic E-state index is 6.41. The molecule has 10 aromatic rings. The second-order valence-corrected chi connectivity index (χ2v) is 13.4. The van der Waals surface area contributed by atoms with Crippen LogP contribution in [0.15, 0.2) is 211 Å². The zero-order valence-corrected chi connectivity index (χ0v) is 28.9. The van der Waals surface area contributed by atoms with Crippen LogP contribution in [0, 0.1) is 0 Å². The summed E-state index contributed by atoms with van der Waals surface area (Å²) in [7, 11) is 0. The molecule has 0 unspecified atom stereocenters. The van der Waals surface area contributed by atoms with Crippen molar-refractivity contribution >= 4 is 50.0 Å². The number of benzene rings is 8. The third kappa shape index (κ3) is 5.47. The van der Waals surface area contributed by atoms with Crippen LogP contribution in [0.3, 0.4) is 0 Å². The average Bonchev–Trinajstić information content (AvgIpc) is 3.77. The van der Waals surface area contributed by atoms with Gasteiger partial charge in [-0.15, -0.1) is 0 Å². The topological polar surface area (TPSA) is 21.3 Å². The smallest absolute Gasteiger partial charge is 0.161 e. The van der Waals surface area contributed by atoms with E-state index in [0.717, 1.165) is 66.8 Å². The molecule has 3 nitrogen and oxygen atoms in total. The van der Waals surface area contributed by atoms with Gasteiger partial charge in [-0.2, -0.15) is 0 Å². The van der Waals surface area contributed by atoms with Crippen molar-refractivity contribution in [3.63, 3.8) is 0 Å². The van der Waals surface area contributed by atoms with Crippen LogP contribution in [0.25, 0.3) is 72.0 Å². The Bertz CT molecular complexity index is 2860. The van der Waals surface area contributed by atoms with E-state index in [9.17, 15) is 0 Å². The van der Waals surface area contributed by atoms with Gasteiger partial charge in [0.2, 0.25) is 0 Å². The van der Waals surface area contributed by atoms with Gasteiger partial charge < -0.3 is 13.9 Å². The maximum absolute atomic E-state index is 6.41. The molecule has 250 valence electrons. The van der Waals surface area contributed by atoms with Crippen LogP contribution < -0.4 is 4.90 Å². The van der Waals surface area contributed by atoms with Crippen molar-refractivity contribution in [3.05, 3.63) is 206 Å². The van der Waals surface area contributed by atoms with Gasteiger partial charge >= 0.3 is 0 Å². The van der Waals surface area contributed by atoms with E-state index in [0.29, 0.717) is 0 Å². The lowest BCUT2D eigenvalue weighted by Gasteiger charge is -2.27. The molecular formula is C50H34N2O. The number of para-hydroxylation sites is 2. The maximum Gasteiger partial charge on any atom is 0.161 e. The van der Waals surface area contributed by atoms with Gasteiger partial charge in [0.05, 0.1) is 5.52 Å². The minimum Gasteiger partial charge on any atom is -0.454 e. The van der Waals surface area contributed by atoms with Crippen LogP contribution in [-0.4, -0.2) is 4.57 Å². The van der Waals surface area contributed by atoms with Gasteiger partial charge in [0.1, 0.15) is 11.1 Å². The predicted molar refractivity (Wildman–Crippen MR) is 222 cm³/mol. The second kappa shape index (κ2) is 12.9. The van der Waals surface area contributed by atoms with Crippen molar-refractivity contribution < 1.29 is 4.42 Å². The number of fused-ring (bicyclic) bond motifs is 5. The summed E-state index contributed by atoms with van der Waals surface area (Å²) in [6.07, 6.45) is 0. The average molecular weight is 679 g/mol. The molecule has 0 amide bonds. The molecule has 0 N–H and O–H groups in total. The highest BCUT2D eigenvalue weighted by molar-refractivity contribution is 6.16. The summed E-state index contributed by atoms with van der Waals surface area (Å²) in [5, 5.41) is 2.23. The summed E-state index contributed by atoms with van der Waals surface area (Å²) in [6, 6.07) is 73.3. The highest BCUT2D eigenvalue weighted by Crippen LogP contribution is 2.41. The van der Waals surface area contributed by atoms with Crippen molar-refractivity contribution in [2.75, 3.05) is 4.90 Å². The van der Waals surface area contributed by atoms with E-state index in [1.807, 2.05) is 12.1 Å². The molecule has 3 heteroatoms. The number of aromatic nitrogens is 1. The quantitative estimate of drug-likeness (QED) is 0.167. The van der Waals surface area contributed by atoms with Crippen molar-refractivity contribution in [2.24, 2.45) is 0 Å². The molecule has 0 fully saturated rings. The molecule has 2 heterocycles. The second-order valence-electron chi connectivity index (χ2n) is 13.4. The molecule has 0 atom stereocenters. The van der Waals surface area contributed by atoms with Gasteiger partial charge in [-0.1, -0.05) is 133 Å². The first-order valence-corrected chi connectivity index (χ1v) is 18.0. The first kappa shape index (κ1) is 30.7. The Morgan fingerprint density at radius 3 is 1.51 bits per heavy atom. The molecule has 0 aliphatic heterocycles. The molecule has 10 rings (SSSR count). The van der Waals surface area contributed by atoms with Gasteiger partial charge in [0, 0.05) is 33.5 Å². The summed E-state index contributed by atoms with van der Waals surface area (Å²) in [5.41, 5.74) is 15.5. The van der Waals surface area contributed by atoms with Crippen LogP contribution in [-0.2, 0) is 0 Å². The fraction of sp³-hybridized carbons (Fsp3) is 0. The molecule has 0 aliphatic rings. The first-order valence-electron chi connectivity index (χ1n) is 18.0. The number of furan rings is 1. The molecule has 0 saturated heterocycles. The lowest BCUT2D eigenvalue weighted by atomic mass is 10.0. The van der Waals surface area contributed by atoms with Crippen molar-refractivity contribution in [3.8, 4) is 39.1 Å². The molecule has 53 heavy (non-hydrogen) atoms. The molecular weight excluding hydrogens is 645 g/mol. The van der Waals surface area contributed by atoms with E-state index >= 15 is 0 Å². The highest BCUT2D eigenvalue weighted by atomic mass is 16.3.